The molecule has 1 aliphatic rings. The van der Waals surface area contributed by atoms with Crippen LogP contribution in [0.1, 0.15) is 24.8 Å². The molecule has 0 radical (unpaired) electrons. The van der Waals surface area contributed by atoms with Gasteiger partial charge in [-0.2, -0.15) is 0 Å². The third-order valence-electron chi connectivity index (χ3n) is 5.07. The summed E-state index contributed by atoms with van der Waals surface area (Å²) in [7, 11) is -3.67. The summed E-state index contributed by atoms with van der Waals surface area (Å²) >= 11 is 0. The van der Waals surface area contributed by atoms with Crippen LogP contribution in [0.2, 0.25) is 0 Å². The number of aromatic nitrogens is 1. The number of hydrogen-bond donors (Lipinski definition) is 1. The summed E-state index contributed by atoms with van der Waals surface area (Å²) < 4.78 is 27.8. The number of amides is 1. The topological polar surface area (TPSA) is 79.4 Å². The van der Waals surface area contributed by atoms with Crippen molar-refractivity contribution in [3.8, 4) is 0 Å². The van der Waals surface area contributed by atoms with Crippen molar-refractivity contribution in [2.24, 2.45) is 0 Å². The number of carbonyl (C=O) groups is 1. The smallest absolute Gasteiger partial charge is 0.240 e. The Balaban J connectivity index is 1.38. The second-order valence-electron chi connectivity index (χ2n) is 7.27. The molecule has 2 aromatic carbocycles. The lowest BCUT2D eigenvalue weighted by Gasteiger charge is -2.22. The van der Waals surface area contributed by atoms with Gasteiger partial charge in [0.05, 0.1) is 4.90 Å². The van der Waals surface area contributed by atoms with Gasteiger partial charge in [-0.15, -0.1) is 0 Å². The summed E-state index contributed by atoms with van der Waals surface area (Å²) in [4.78, 5) is 18.8. The van der Waals surface area contributed by atoms with E-state index in [1.54, 1.807) is 30.6 Å². The second kappa shape index (κ2) is 8.31. The number of hydrogen-bond acceptors (Lipinski definition) is 4. The third kappa shape index (κ3) is 4.81. The van der Waals surface area contributed by atoms with Crippen LogP contribution in [-0.2, 0) is 21.4 Å². The zero-order valence-corrected chi connectivity index (χ0v) is 16.8. The largest absolute Gasteiger partial charge is 0.335 e. The molecule has 7 heteroatoms. The quantitative estimate of drug-likeness (QED) is 0.620. The number of carbonyl (C=O) groups excluding carboxylic acids is 1. The molecule has 1 heterocycles. The van der Waals surface area contributed by atoms with Crippen LogP contribution in [0.4, 0.5) is 0 Å². The lowest BCUT2D eigenvalue weighted by atomic mass is 10.1. The molecule has 1 aliphatic carbocycles. The standard InChI is InChI=1S/C22H23N3O3S/c26-22(25(20-6-7-20)16-17-9-12-23-13-10-17)11-14-24-29(27,28)21-8-5-18-3-1-2-4-19(18)15-21/h1-5,8-10,12-13,15,20,24H,6-7,11,14,16H2. The lowest BCUT2D eigenvalue weighted by Crippen LogP contribution is -2.35. The fourth-order valence-corrected chi connectivity index (χ4v) is 4.41. The molecule has 1 saturated carbocycles. The second-order valence-corrected chi connectivity index (χ2v) is 9.03. The summed E-state index contributed by atoms with van der Waals surface area (Å²) in [6.07, 6.45) is 5.55. The molecule has 29 heavy (non-hydrogen) atoms. The summed E-state index contributed by atoms with van der Waals surface area (Å²) in [5.41, 5.74) is 1.02. The van der Waals surface area contributed by atoms with Crippen molar-refractivity contribution in [2.45, 2.75) is 36.7 Å². The van der Waals surface area contributed by atoms with Crippen LogP contribution in [-0.4, -0.2) is 36.8 Å². The zero-order valence-electron chi connectivity index (χ0n) is 16.0. The maximum Gasteiger partial charge on any atom is 0.240 e. The monoisotopic (exact) mass is 409 g/mol. The van der Waals surface area contributed by atoms with Crippen molar-refractivity contribution >= 4 is 26.7 Å². The lowest BCUT2D eigenvalue weighted by molar-refractivity contribution is -0.132. The fourth-order valence-electron chi connectivity index (χ4n) is 3.35. The van der Waals surface area contributed by atoms with Gasteiger partial charge in [0.2, 0.25) is 15.9 Å². The van der Waals surface area contributed by atoms with Crippen LogP contribution in [0.3, 0.4) is 0 Å². The summed E-state index contributed by atoms with van der Waals surface area (Å²) in [6, 6.07) is 16.7. The van der Waals surface area contributed by atoms with E-state index in [1.807, 2.05) is 41.3 Å². The minimum absolute atomic E-state index is 0.0366. The van der Waals surface area contributed by atoms with E-state index in [2.05, 4.69) is 9.71 Å². The third-order valence-corrected chi connectivity index (χ3v) is 6.53. The molecule has 0 bridgehead atoms. The van der Waals surface area contributed by atoms with E-state index in [1.165, 1.54) is 0 Å². The van der Waals surface area contributed by atoms with E-state index >= 15 is 0 Å². The average molecular weight is 410 g/mol. The minimum atomic E-state index is -3.67. The predicted octanol–water partition coefficient (Wildman–Crippen LogP) is 3.09. The fraction of sp³-hybridized carbons (Fsp3) is 0.273. The SMILES string of the molecule is O=C(CCNS(=O)(=O)c1ccc2ccccc2c1)N(Cc1ccncc1)C1CC1. The van der Waals surface area contributed by atoms with Crippen LogP contribution >= 0.6 is 0 Å². The highest BCUT2D eigenvalue weighted by molar-refractivity contribution is 7.89. The van der Waals surface area contributed by atoms with E-state index in [0.29, 0.717) is 6.54 Å². The van der Waals surface area contributed by atoms with E-state index in [9.17, 15) is 13.2 Å². The van der Waals surface area contributed by atoms with Gasteiger partial charge >= 0.3 is 0 Å². The van der Waals surface area contributed by atoms with Crippen LogP contribution in [0.5, 0.6) is 0 Å². The maximum absolute atomic E-state index is 12.7. The van der Waals surface area contributed by atoms with Crippen LogP contribution in [0, 0.1) is 0 Å². The first-order valence-electron chi connectivity index (χ1n) is 9.70. The van der Waals surface area contributed by atoms with Gasteiger partial charge in [0.15, 0.2) is 0 Å². The Morgan fingerprint density at radius 3 is 2.48 bits per heavy atom. The molecule has 1 N–H and O–H groups in total. The molecule has 1 aromatic heterocycles. The van der Waals surface area contributed by atoms with Crippen molar-refractivity contribution in [3.63, 3.8) is 0 Å². The average Bonchev–Trinajstić information content (AvgIpc) is 3.57. The molecule has 1 amide bonds. The summed E-state index contributed by atoms with van der Waals surface area (Å²) in [6.45, 7) is 0.608. The highest BCUT2D eigenvalue weighted by atomic mass is 32.2. The van der Waals surface area contributed by atoms with Crippen molar-refractivity contribution < 1.29 is 13.2 Å². The Bertz CT molecular complexity index is 1110. The van der Waals surface area contributed by atoms with Gasteiger partial charge in [-0.3, -0.25) is 9.78 Å². The molecule has 0 saturated heterocycles. The molecular formula is C22H23N3O3S. The number of benzene rings is 2. The van der Waals surface area contributed by atoms with Gasteiger partial charge in [0.25, 0.3) is 0 Å². The Labute approximate surface area is 170 Å². The number of nitrogens with zero attached hydrogens (tertiary/aromatic N) is 2. The number of sulfonamides is 1. The van der Waals surface area contributed by atoms with Crippen molar-refractivity contribution in [2.75, 3.05) is 6.54 Å². The molecule has 4 rings (SSSR count). The molecule has 150 valence electrons. The molecule has 0 spiro atoms. The van der Waals surface area contributed by atoms with Gasteiger partial charge in [-0.05, 0) is 53.4 Å². The number of fused-ring (bicyclic) bond motifs is 1. The van der Waals surface area contributed by atoms with Crippen molar-refractivity contribution in [1.82, 2.24) is 14.6 Å². The number of nitrogens with one attached hydrogen (secondary N) is 1. The van der Waals surface area contributed by atoms with Gasteiger partial charge < -0.3 is 4.90 Å². The van der Waals surface area contributed by atoms with E-state index < -0.39 is 10.0 Å². The number of pyridine rings is 1. The molecular weight excluding hydrogens is 386 g/mol. The normalized spacial score (nSPS) is 14.1. The van der Waals surface area contributed by atoms with Crippen LogP contribution < -0.4 is 4.72 Å². The Hall–Kier alpha value is -2.77. The van der Waals surface area contributed by atoms with Gasteiger partial charge in [0.1, 0.15) is 0 Å². The van der Waals surface area contributed by atoms with Crippen molar-refractivity contribution in [1.29, 1.82) is 0 Å². The Kier molecular flexibility index (Phi) is 5.60. The molecule has 1 fully saturated rings. The van der Waals surface area contributed by atoms with Gasteiger partial charge in [-0.1, -0.05) is 30.3 Å². The van der Waals surface area contributed by atoms with Crippen LogP contribution in [0.25, 0.3) is 10.8 Å². The number of rotatable bonds is 8. The van der Waals surface area contributed by atoms with E-state index in [4.69, 9.17) is 0 Å². The first-order chi connectivity index (χ1) is 14.0. The molecule has 3 aromatic rings. The zero-order chi connectivity index (χ0) is 20.3. The van der Waals surface area contributed by atoms with Crippen LogP contribution in [0.15, 0.2) is 71.9 Å². The summed E-state index contributed by atoms with van der Waals surface area (Å²) in [5, 5.41) is 1.85. The molecule has 0 aliphatic heterocycles. The molecule has 6 nitrogen and oxygen atoms in total. The van der Waals surface area contributed by atoms with Gasteiger partial charge in [-0.25, -0.2) is 13.1 Å². The highest BCUT2D eigenvalue weighted by Gasteiger charge is 2.32. The molecule has 0 atom stereocenters. The predicted molar refractivity (Wildman–Crippen MR) is 112 cm³/mol. The van der Waals surface area contributed by atoms with E-state index in [0.717, 1.165) is 29.2 Å². The minimum Gasteiger partial charge on any atom is -0.335 e. The summed E-state index contributed by atoms with van der Waals surface area (Å²) in [5.74, 6) is -0.0366. The Morgan fingerprint density at radius 2 is 1.76 bits per heavy atom. The first kappa shape index (κ1) is 19.5. The molecule has 0 unspecified atom stereocenters. The van der Waals surface area contributed by atoms with E-state index in [-0.39, 0.29) is 29.8 Å². The van der Waals surface area contributed by atoms with Crippen molar-refractivity contribution in [3.05, 3.63) is 72.6 Å². The maximum atomic E-state index is 12.7. The Morgan fingerprint density at radius 1 is 1.03 bits per heavy atom. The highest BCUT2D eigenvalue weighted by Crippen LogP contribution is 2.29. The first-order valence-corrected chi connectivity index (χ1v) is 11.2. The van der Waals surface area contributed by atoms with Gasteiger partial charge in [0, 0.05) is 37.9 Å².